The quantitative estimate of drug-likeness (QED) is 0.331. The molecule has 0 saturated heterocycles. The van der Waals surface area contributed by atoms with E-state index in [-0.39, 0.29) is 15.7 Å². The van der Waals surface area contributed by atoms with Crippen LogP contribution in [0.1, 0.15) is 50.0 Å². The summed E-state index contributed by atoms with van der Waals surface area (Å²) in [7, 11) is 0. The molecule has 0 spiro atoms. The van der Waals surface area contributed by atoms with Crippen LogP contribution in [-0.4, -0.2) is 20.7 Å². The van der Waals surface area contributed by atoms with Gasteiger partial charge in [-0.2, -0.15) is 0 Å². The van der Waals surface area contributed by atoms with Gasteiger partial charge in [-0.05, 0) is 45.4 Å². The summed E-state index contributed by atoms with van der Waals surface area (Å²) in [4.78, 5) is 15.9. The van der Waals surface area contributed by atoms with Crippen LogP contribution in [0.25, 0.3) is 11.1 Å². The van der Waals surface area contributed by atoms with Crippen molar-refractivity contribution in [2.75, 3.05) is 0 Å². The first-order chi connectivity index (χ1) is 13.1. The first-order valence-electron chi connectivity index (χ1n) is 9.40. The van der Waals surface area contributed by atoms with E-state index in [0.29, 0.717) is 11.1 Å². The second-order valence-corrected chi connectivity index (χ2v) is 10.4. The maximum Gasteiger partial charge on any atom is 0.195 e. The third-order valence-corrected chi connectivity index (χ3v) is 4.71. The molecule has 0 amide bonds. The zero-order valence-electron chi connectivity index (χ0n) is 16.8. The molecule has 0 aliphatic carbocycles. The smallest absolute Gasteiger partial charge is 0.195 e. The molecule has 3 aromatic rings. The van der Waals surface area contributed by atoms with Gasteiger partial charge >= 0.3 is 0 Å². The molecule has 0 fully saturated rings. The molecule has 1 N–H and O–H groups in total. The van der Waals surface area contributed by atoms with Crippen LogP contribution < -0.4 is 4.74 Å². The van der Waals surface area contributed by atoms with Crippen molar-refractivity contribution in [2.24, 2.45) is 0 Å². The molecule has 0 unspecified atom stereocenters. The van der Waals surface area contributed by atoms with Gasteiger partial charge in [0.1, 0.15) is 11.4 Å². The molecular formula is C24H26BrNO2. The predicted molar refractivity (Wildman–Crippen MR) is 118 cm³/mol. The van der Waals surface area contributed by atoms with Gasteiger partial charge in [-0.25, -0.2) is 0 Å². The number of carbonyl (C=O) groups is 1. The van der Waals surface area contributed by atoms with E-state index in [2.05, 4.69) is 48.6 Å². The SMILES string of the molecule is CC(C)(Br)CC(C)(C)Oc1ccc(-c2c[nH]cc2C(=O)c2ccccc2)cc1. The zero-order valence-corrected chi connectivity index (χ0v) is 18.3. The van der Waals surface area contributed by atoms with E-state index >= 15 is 0 Å². The molecule has 1 heterocycles. The van der Waals surface area contributed by atoms with Crippen LogP contribution in [0.2, 0.25) is 0 Å². The van der Waals surface area contributed by atoms with Crippen molar-refractivity contribution in [1.82, 2.24) is 4.98 Å². The second-order valence-electron chi connectivity index (χ2n) is 8.26. The highest BCUT2D eigenvalue weighted by atomic mass is 79.9. The Morgan fingerprint density at radius 2 is 1.61 bits per heavy atom. The Bertz CT molecular complexity index is 935. The van der Waals surface area contributed by atoms with Crippen LogP contribution in [0.15, 0.2) is 67.0 Å². The number of alkyl halides is 1. The van der Waals surface area contributed by atoms with Crippen molar-refractivity contribution in [3.05, 3.63) is 78.1 Å². The average Bonchev–Trinajstić information content (AvgIpc) is 3.09. The molecule has 0 saturated carbocycles. The van der Waals surface area contributed by atoms with E-state index in [0.717, 1.165) is 23.3 Å². The fourth-order valence-corrected chi connectivity index (χ4v) is 4.28. The van der Waals surface area contributed by atoms with Crippen molar-refractivity contribution < 1.29 is 9.53 Å². The van der Waals surface area contributed by atoms with Crippen LogP contribution in [-0.2, 0) is 0 Å². The van der Waals surface area contributed by atoms with E-state index in [9.17, 15) is 4.79 Å². The number of benzene rings is 2. The number of halogens is 1. The Morgan fingerprint density at radius 1 is 0.964 bits per heavy atom. The highest BCUT2D eigenvalue weighted by Crippen LogP contribution is 2.33. The minimum absolute atomic E-state index is 0.00820. The summed E-state index contributed by atoms with van der Waals surface area (Å²) in [5.74, 6) is 0.829. The normalized spacial score (nSPS) is 12.0. The topological polar surface area (TPSA) is 42.1 Å². The molecular weight excluding hydrogens is 414 g/mol. The number of ketones is 1. The van der Waals surface area contributed by atoms with E-state index in [4.69, 9.17) is 4.74 Å². The van der Waals surface area contributed by atoms with E-state index in [1.807, 2.05) is 60.8 Å². The van der Waals surface area contributed by atoms with Gasteiger partial charge in [-0.15, -0.1) is 0 Å². The molecule has 28 heavy (non-hydrogen) atoms. The molecule has 0 radical (unpaired) electrons. The Balaban J connectivity index is 1.80. The summed E-state index contributed by atoms with van der Waals surface area (Å²) in [6.45, 7) is 8.45. The maximum atomic E-state index is 12.8. The molecule has 146 valence electrons. The van der Waals surface area contributed by atoms with Crippen molar-refractivity contribution >= 4 is 21.7 Å². The van der Waals surface area contributed by atoms with Gasteiger partial charge in [0.25, 0.3) is 0 Å². The van der Waals surface area contributed by atoms with Gasteiger partial charge in [0.15, 0.2) is 5.78 Å². The van der Waals surface area contributed by atoms with Crippen LogP contribution in [0.5, 0.6) is 5.75 Å². The van der Waals surface area contributed by atoms with Gasteiger partial charge in [-0.3, -0.25) is 4.79 Å². The average molecular weight is 440 g/mol. The summed E-state index contributed by atoms with van der Waals surface area (Å²) in [5, 5.41) is 0. The van der Waals surface area contributed by atoms with Crippen molar-refractivity contribution in [2.45, 2.75) is 44.0 Å². The van der Waals surface area contributed by atoms with Crippen molar-refractivity contribution in [3.8, 4) is 16.9 Å². The van der Waals surface area contributed by atoms with E-state index in [1.54, 1.807) is 6.20 Å². The number of aromatic nitrogens is 1. The van der Waals surface area contributed by atoms with Gasteiger partial charge < -0.3 is 9.72 Å². The number of hydrogen-bond acceptors (Lipinski definition) is 2. The van der Waals surface area contributed by atoms with Crippen LogP contribution in [0, 0.1) is 0 Å². The highest BCUT2D eigenvalue weighted by Gasteiger charge is 2.28. The number of H-pyrrole nitrogens is 1. The lowest BCUT2D eigenvalue weighted by molar-refractivity contribution is 0.0915. The molecule has 4 heteroatoms. The van der Waals surface area contributed by atoms with Crippen molar-refractivity contribution in [1.29, 1.82) is 0 Å². The first-order valence-corrected chi connectivity index (χ1v) is 10.2. The zero-order chi connectivity index (χ0) is 20.4. The molecule has 3 nitrogen and oxygen atoms in total. The molecule has 3 rings (SSSR count). The number of carbonyl (C=O) groups excluding carboxylic acids is 1. The Kier molecular flexibility index (Phi) is 5.80. The molecule has 0 atom stereocenters. The van der Waals surface area contributed by atoms with Gasteiger partial charge in [-0.1, -0.05) is 58.4 Å². The molecule has 2 aromatic carbocycles. The van der Waals surface area contributed by atoms with Crippen LogP contribution in [0.4, 0.5) is 0 Å². The lowest BCUT2D eigenvalue weighted by atomic mass is 9.95. The summed E-state index contributed by atoms with van der Waals surface area (Å²) >= 11 is 3.69. The Labute approximate surface area is 175 Å². The third kappa shape index (κ3) is 5.14. The monoisotopic (exact) mass is 439 g/mol. The Hall–Kier alpha value is -2.33. The summed E-state index contributed by atoms with van der Waals surface area (Å²) in [6, 6.07) is 17.2. The number of hydrogen-bond donors (Lipinski definition) is 1. The summed E-state index contributed by atoms with van der Waals surface area (Å²) in [6.07, 6.45) is 4.49. The largest absolute Gasteiger partial charge is 0.488 e. The van der Waals surface area contributed by atoms with Gasteiger partial charge in [0, 0.05) is 39.8 Å². The molecule has 0 aliphatic heterocycles. The second kappa shape index (κ2) is 7.96. The maximum absolute atomic E-state index is 12.8. The minimum Gasteiger partial charge on any atom is -0.488 e. The Morgan fingerprint density at radius 3 is 2.21 bits per heavy atom. The fourth-order valence-electron chi connectivity index (χ4n) is 3.61. The van der Waals surface area contributed by atoms with Gasteiger partial charge in [0.2, 0.25) is 0 Å². The summed E-state index contributed by atoms with van der Waals surface area (Å²) in [5.41, 5.74) is 2.92. The third-order valence-electron chi connectivity index (χ3n) is 4.43. The lowest BCUT2D eigenvalue weighted by Gasteiger charge is -2.32. The summed E-state index contributed by atoms with van der Waals surface area (Å²) < 4.78 is 6.20. The molecule has 0 bridgehead atoms. The lowest BCUT2D eigenvalue weighted by Crippen LogP contribution is -2.34. The first kappa shape index (κ1) is 20.4. The van der Waals surface area contributed by atoms with Crippen molar-refractivity contribution in [3.63, 3.8) is 0 Å². The minimum atomic E-state index is -0.295. The number of ether oxygens (including phenoxy) is 1. The number of aromatic amines is 1. The number of nitrogens with one attached hydrogen (secondary N) is 1. The van der Waals surface area contributed by atoms with Gasteiger partial charge in [0.05, 0.1) is 0 Å². The van der Waals surface area contributed by atoms with Crippen LogP contribution >= 0.6 is 15.9 Å². The van der Waals surface area contributed by atoms with E-state index < -0.39 is 0 Å². The highest BCUT2D eigenvalue weighted by molar-refractivity contribution is 9.10. The number of rotatable bonds is 7. The predicted octanol–water partition coefficient (Wildman–Crippen LogP) is 6.63. The standard InChI is InChI=1S/C24H26BrNO2/c1-23(2,25)16-24(3,4)28-19-12-10-17(11-13-19)20-14-26-15-21(20)22(27)18-8-6-5-7-9-18/h5-15,26H,16H2,1-4H3. The molecule has 0 aliphatic rings. The van der Waals surface area contributed by atoms with Crippen LogP contribution in [0.3, 0.4) is 0 Å². The fraction of sp³-hybridized carbons (Fsp3) is 0.292. The van der Waals surface area contributed by atoms with E-state index in [1.165, 1.54) is 0 Å². The molecule has 1 aromatic heterocycles.